The van der Waals surface area contributed by atoms with Gasteiger partial charge in [0.25, 0.3) is 6.43 Å². The number of rotatable bonds is 8. The van der Waals surface area contributed by atoms with Crippen molar-refractivity contribution in [2.24, 2.45) is 5.73 Å². The van der Waals surface area contributed by atoms with Gasteiger partial charge in [-0.15, -0.1) is 0 Å². The molecule has 1 aliphatic heterocycles. The minimum absolute atomic E-state index is 0.0646. The maximum Gasteiger partial charge on any atom is 0.442 e. The van der Waals surface area contributed by atoms with Crippen molar-refractivity contribution in [3.63, 3.8) is 0 Å². The summed E-state index contributed by atoms with van der Waals surface area (Å²) in [6.45, 7) is -1.04. The van der Waals surface area contributed by atoms with Crippen molar-refractivity contribution in [1.29, 1.82) is 0 Å². The second-order valence-corrected chi connectivity index (χ2v) is 10.6. The topological polar surface area (TPSA) is 122 Å². The van der Waals surface area contributed by atoms with Crippen molar-refractivity contribution >= 4 is 39.2 Å². The molecule has 206 valence electrons. The number of sulfonamides is 1. The molecular formula is C25H21ClF3N2O7S+. The number of amides is 3. The summed E-state index contributed by atoms with van der Waals surface area (Å²) >= 11 is 6.00. The Labute approximate surface area is 226 Å². The van der Waals surface area contributed by atoms with Crippen LogP contribution in [0.1, 0.15) is 17.0 Å². The lowest BCUT2D eigenvalue weighted by atomic mass is 9.92. The number of hydrogen-bond donors (Lipinski definition) is 1. The standard InChI is InChI=1S/C25H20ClF3N2O7S/c1-36-13-7-8-21(20(9-13)37-2)39(34,35)31(25(30)33)18-11-17(27)16(26)10-15(18)23(24(31)32)14-5-3-4-6-19(14)38-12-22(28)29/h3-11,22-23H,12H2,1-2H3,(H-,30,33)/p+1. The molecule has 0 aromatic heterocycles. The largest absolute Gasteiger partial charge is 0.497 e. The fourth-order valence-corrected chi connectivity index (χ4v) is 6.62. The number of hydrogen-bond acceptors (Lipinski definition) is 7. The number of carbonyl (C=O) groups excluding carboxylic acids is 2. The van der Waals surface area contributed by atoms with Gasteiger partial charge >= 0.3 is 22.0 Å². The van der Waals surface area contributed by atoms with Gasteiger partial charge in [-0.05, 0) is 28.2 Å². The van der Waals surface area contributed by atoms with Gasteiger partial charge in [0, 0.05) is 23.3 Å². The number of quaternary nitrogens is 1. The van der Waals surface area contributed by atoms with Crippen LogP contribution >= 0.6 is 11.6 Å². The lowest BCUT2D eigenvalue weighted by molar-refractivity contribution is -0.123. The number of ether oxygens (including phenoxy) is 3. The third kappa shape index (κ3) is 4.36. The van der Waals surface area contributed by atoms with Crippen molar-refractivity contribution in [3.8, 4) is 17.2 Å². The molecule has 0 fully saturated rings. The van der Waals surface area contributed by atoms with Gasteiger partial charge in [-0.2, -0.15) is 8.42 Å². The number of fused-ring (bicyclic) bond motifs is 1. The fraction of sp³-hybridized carbons (Fsp3) is 0.200. The predicted molar refractivity (Wildman–Crippen MR) is 134 cm³/mol. The van der Waals surface area contributed by atoms with E-state index in [2.05, 4.69) is 0 Å². The molecule has 0 radical (unpaired) electrons. The number of para-hydroxylation sites is 1. The highest BCUT2D eigenvalue weighted by Gasteiger charge is 2.67. The molecule has 2 N–H and O–H groups in total. The van der Waals surface area contributed by atoms with Crippen LogP contribution in [0.25, 0.3) is 0 Å². The number of urea groups is 1. The zero-order valence-electron chi connectivity index (χ0n) is 20.4. The van der Waals surface area contributed by atoms with E-state index in [-0.39, 0.29) is 28.4 Å². The van der Waals surface area contributed by atoms with E-state index in [0.29, 0.717) is 6.07 Å². The number of benzene rings is 3. The lowest BCUT2D eigenvalue weighted by Crippen LogP contribution is -2.63. The van der Waals surface area contributed by atoms with E-state index in [9.17, 15) is 31.2 Å². The number of alkyl halides is 2. The van der Waals surface area contributed by atoms with Gasteiger partial charge in [0.1, 0.15) is 35.6 Å². The molecule has 0 aliphatic carbocycles. The van der Waals surface area contributed by atoms with Gasteiger partial charge < -0.3 is 19.9 Å². The van der Waals surface area contributed by atoms with E-state index >= 15 is 0 Å². The Hall–Kier alpha value is -3.81. The summed E-state index contributed by atoms with van der Waals surface area (Å²) in [6, 6.07) is 8.95. The van der Waals surface area contributed by atoms with Crippen LogP contribution in [0.3, 0.4) is 0 Å². The van der Waals surface area contributed by atoms with E-state index in [0.717, 1.165) is 19.2 Å². The third-order valence-electron chi connectivity index (χ3n) is 6.19. The average molecular weight is 586 g/mol. The summed E-state index contributed by atoms with van der Waals surface area (Å²) in [5, 5.41) is -0.485. The van der Waals surface area contributed by atoms with Crippen LogP contribution in [0.4, 0.5) is 23.7 Å². The minimum atomic E-state index is -5.18. The molecule has 9 nitrogen and oxygen atoms in total. The molecule has 14 heteroatoms. The number of imide groups is 1. The molecule has 39 heavy (non-hydrogen) atoms. The first kappa shape index (κ1) is 28.2. The Morgan fingerprint density at radius 3 is 2.36 bits per heavy atom. The third-order valence-corrected chi connectivity index (χ3v) is 8.65. The zero-order valence-corrected chi connectivity index (χ0v) is 21.9. The summed E-state index contributed by atoms with van der Waals surface area (Å²) in [5.74, 6) is -4.37. The van der Waals surface area contributed by atoms with E-state index in [1.54, 1.807) is 0 Å². The molecule has 2 atom stereocenters. The quantitative estimate of drug-likeness (QED) is 0.384. The molecule has 0 spiro atoms. The van der Waals surface area contributed by atoms with Crippen LogP contribution in [-0.2, 0) is 14.8 Å². The van der Waals surface area contributed by atoms with Gasteiger partial charge in [-0.1, -0.05) is 29.8 Å². The van der Waals surface area contributed by atoms with Crippen molar-refractivity contribution in [1.82, 2.24) is 3.89 Å². The van der Waals surface area contributed by atoms with Crippen molar-refractivity contribution in [2.45, 2.75) is 17.2 Å². The first-order valence-corrected chi connectivity index (χ1v) is 12.9. The molecule has 4 rings (SSSR count). The molecule has 1 aliphatic rings. The van der Waals surface area contributed by atoms with Gasteiger partial charge in [0.2, 0.25) is 0 Å². The second kappa shape index (κ2) is 10.4. The van der Waals surface area contributed by atoms with Crippen LogP contribution < -0.4 is 23.8 Å². The van der Waals surface area contributed by atoms with Crippen molar-refractivity contribution in [2.75, 3.05) is 20.8 Å². The molecular weight excluding hydrogens is 565 g/mol. The molecule has 2 unspecified atom stereocenters. The van der Waals surface area contributed by atoms with Gasteiger partial charge in [0.15, 0.2) is 10.6 Å². The Morgan fingerprint density at radius 1 is 1.05 bits per heavy atom. The molecule has 3 aromatic carbocycles. The summed E-state index contributed by atoms with van der Waals surface area (Å²) < 4.78 is 82.5. The van der Waals surface area contributed by atoms with Crippen LogP contribution in [0.15, 0.2) is 59.5 Å². The summed E-state index contributed by atoms with van der Waals surface area (Å²) in [5.41, 5.74) is 4.78. The zero-order chi connectivity index (χ0) is 28.7. The number of methoxy groups -OCH3 is 2. The van der Waals surface area contributed by atoms with Crippen molar-refractivity contribution < 1.29 is 45.4 Å². The van der Waals surface area contributed by atoms with E-state index in [1.165, 1.54) is 43.5 Å². The van der Waals surface area contributed by atoms with Gasteiger partial charge in [-0.25, -0.2) is 22.8 Å². The number of nitrogens with zero attached hydrogens (tertiary/aromatic N) is 1. The smallest absolute Gasteiger partial charge is 0.442 e. The second-order valence-electron chi connectivity index (χ2n) is 8.28. The molecule has 3 amide bonds. The van der Waals surface area contributed by atoms with E-state index in [4.69, 9.17) is 31.5 Å². The number of halogens is 4. The fourth-order valence-electron chi connectivity index (χ4n) is 4.52. The van der Waals surface area contributed by atoms with E-state index in [1.807, 2.05) is 0 Å². The normalized spacial score (nSPS) is 18.6. The Kier molecular flexibility index (Phi) is 7.52. The summed E-state index contributed by atoms with van der Waals surface area (Å²) in [6.07, 6.45) is -2.86. The predicted octanol–water partition coefficient (Wildman–Crippen LogP) is 4.59. The first-order chi connectivity index (χ1) is 18.4. The van der Waals surface area contributed by atoms with Gasteiger partial charge in [0.05, 0.1) is 19.2 Å². The highest BCUT2D eigenvalue weighted by molar-refractivity contribution is 7.92. The number of nitrogens with two attached hydrogens (primary N) is 1. The molecule has 1 heterocycles. The van der Waals surface area contributed by atoms with Crippen LogP contribution in [0, 0.1) is 5.82 Å². The SMILES string of the molecule is COc1ccc(S(=O)(=O)[N+]2(C(N)=O)C(=O)C(c3ccccc3OCC(F)F)c3cc(Cl)c(F)cc32)c(OC)c1. The maximum atomic E-state index is 14.8. The number of primary amides is 1. The Morgan fingerprint density at radius 2 is 1.74 bits per heavy atom. The Balaban J connectivity index is 2.06. The summed E-state index contributed by atoms with van der Waals surface area (Å²) in [4.78, 5) is 26.8. The summed E-state index contributed by atoms with van der Waals surface area (Å²) in [7, 11) is -2.70. The average Bonchev–Trinajstić information content (AvgIpc) is 3.15. The van der Waals surface area contributed by atoms with Gasteiger partial charge in [-0.3, -0.25) is 0 Å². The van der Waals surface area contributed by atoms with Crippen LogP contribution in [0.2, 0.25) is 5.02 Å². The number of carbonyl (C=O) groups is 2. The van der Waals surface area contributed by atoms with Crippen LogP contribution in [-0.4, -0.2) is 47.6 Å². The minimum Gasteiger partial charge on any atom is -0.497 e. The monoisotopic (exact) mass is 585 g/mol. The lowest BCUT2D eigenvalue weighted by Gasteiger charge is -2.27. The van der Waals surface area contributed by atoms with Crippen LogP contribution in [0.5, 0.6) is 17.2 Å². The maximum absolute atomic E-state index is 14.8. The van der Waals surface area contributed by atoms with E-state index < -0.39 is 66.2 Å². The highest BCUT2D eigenvalue weighted by Crippen LogP contribution is 2.53. The first-order valence-electron chi connectivity index (χ1n) is 11.1. The van der Waals surface area contributed by atoms with Crippen molar-refractivity contribution in [3.05, 3.63) is 76.6 Å². The Bertz CT molecular complexity index is 1590. The molecule has 0 saturated carbocycles. The molecule has 0 saturated heterocycles. The molecule has 0 bridgehead atoms. The molecule has 3 aromatic rings. The highest BCUT2D eigenvalue weighted by atomic mass is 35.5.